The molecule has 0 aliphatic carbocycles. The van der Waals surface area contributed by atoms with Crippen LogP contribution < -0.4 is 5.73 Å². The molecule has 7 heteroatoms. The zero-order valence-electron chi connectivity index (χ0n) is 12.2. The number of aliphatic imine (C=N–C) groups is 1. The topological polar surface area (TPSA) is 89.5 Å². The third-order valence-electron chi connectivity index (χ3n) is 2.81. The summed E-state index contributed by atoms with van der Waals surface area (Å²) in [6, 6.07) is 0. The molecule has 0 bridgehead atoms. The Labute approximate surface area is 119 Å². The molecule has 0 fully saturated rings. The number of rotatable bonds is 8. The molecule has 0 saturated heterocycles. The van der Waals surface area contributed by atoms with E-state index < -0.39 is 6.23 Å². The van der Waals surface area contributed by atoms with E-state index in [0.717, 1.165) is 5.57 Å². The summed E-state index contributed by atoms with van der Waals surface area (Å²) in [6.45, 7) is 6.14. The summed E-state index contributed by atoms with van der Waals surface area (Å²) >= 11 is 0. The third-order valence-corrected chi connectivity index (χ3v) is 2.81. The smallest absolute Gasteiger partial charge is 0.158 e. The molecule has 1 aliphatic heterocycles. The predicted octanol–water partition coefficient (Wildman–Crippen LogP) is 0.0306. The van der Waals surface area contributed by atoms with Gasteiger partial charge in [0.1, 0.15) is 17.8 Å². The molecule has 1 rings (SSSR count). The van der Waals surface area contributed by atoms with Gasteiger partial charge >= 0.3 is 0 Å². The normalized spacial score (nSPS) is 17.2. The van der Waals surface area contributed by atoms with Crippen molar-refractivity contribution in [2.45, 2.75) is 19.3 Å². The van der Waals surface area contributed by atoms with E-state index in [1.165, 1.54) is 0 Å². The number of hydrogen-bond acceptors (Lipinski definition) is 7. The molecule has 0 aromatic carbocycles. The summed E-state index contributed by atoms with van der Waals surface area (Å²) in [7, 11) is 3.16. The van der Waals surface area contributed by atoms with Gasteiger partial charge in [-0.3, -0.25) is 0 Å². The van der Waals surface area contributed by atoms with Crippen LogP contribution in [0.5, 0.6) is 0 Å². The van der Waals surface area contributed by atoms with Crippen LogP contribution in [0, 0.1) is 0 Å². The Hall–Kier alpha value is -1.41. The van der Waals surface area contributed by atoms with Crippen molar-refractivity contribution in [2.24, 2.45) is 10.7 Å². The Morgan fingerprint density at radius 3 is 2.50 bits per heavy atom. The summed E-state index contributed by atoms with van der Waals surface area (Å²) < 4.78 is 15.9. The fourth-order valence-corrected chi connectivity index (χ4v) is 1.80. The van der Waals surface area contributed by atoms with Crippen molar-refractivity contribution < 1.29 is 19.3 Å². The number of hydrogen-bond donors (Lipinski definition) is 2. The Bertz CT molecular complexity index is 389. The predicted molar refractivity (Wildman–Crippen MR) is 75.9 cm³/mol. The van der Waals surface area contributed by atoms with Crippen molar-refractivity contribution in [1.82, 2.24) is 4.90 Å². The van der Waals surface area contributed by atoms with Crippen molar-refractivity contribution >= 4 is 5.84 Å². The van der Waals surface area contributed by atoms with Gasteiger partial charge < -0.3 is 30.0 Å². The van der Waals surface area contributed by atoms with Crippen LogP contribution in [0.3, 0.4) is 0 Å². The van der Waals surface area contributed by atoms with E-state index in [-0.39, 0.29) is 12.7 Å². The van der Waals surface area contributed by atoms with Crippen LogP contribution in [0.4, 0.5) is 0 Å². The van der Waals surface area contributed by atoms with Crippen molar-refractivity contribution in [3.63, 3.8) is 0 Å². The molecule has 20 heavy (non-hydrogen) atoms. The van der Waals surface area contributed by atoms with E-state index in [1.54, 1.807) is 25.3 Å². The van der Waals surface area contributed by atoms with E-state index in [0.29, 0.717) is 24.9 Å². The van der Waals surface area contributed by atoms with Gasteiger partial charge in [0.25, 0.3) is 0 Å². The Balaban J connectivity index is 2.77. The first-order valence-electron chi connectivity index (χ1n) is 6.27. The van der Waals surface area contributed by atoms with Crippen molar-refractivity contribution in [3.8, 4) is 0 Å². The van der Waals surface area contributed by atoms with Crippen LogP contribution in [-0.2, 0) is 14.2 Å². The van der Waals surface area contributed by atoms with Gasteiger partial charge in [0.15, 0.2) is 6.23 Å². The first-order chi connectivity index (χ1) is 9.53. The molecule has 0 saturated carbocycles. The molecule has 7 nitrogen and oxygen atoms in total. The number of ether oxygens (including phenoxy) is 3. The summed E-state index contributed by atoms with van der Waals surface area (Å²) in [4.78, 5) is 5.76. The summed E-state index contributed by atoms with van der Waals surface area (Å²) in [6.07, 6.45) is 0.832. The SMILES string of the molecule is C=C1N=C(N)C(C)=CN1[C@@H](CO)OC(COC)COC. The van der Waals surface area contributed by atoms with Gasteiger partial charge in [-0.05, 0) is 6.92 Å². The van der Waals surface area contributed by atoms with Gasteiger partial charge in [-0.2, -0.15) is 0 Å². The van der Waals surface area contributed by atoms with E-state index in [4.69, 9.17) is 19.9 Å². The van der Waals surface area contributed by atoms with E-state index in [2.05, 4.69) is 11.6 Å². The zero-order chi connectivity index (χ0) is 15.1. The molecular weight excluding hydrogens is 262 g/mol. The number of aliphatic hydroxyl groups excluding tert-OH is 1. The quantitative estimate of drug-likeness (QED) is 0.654. The minimum atomic E-state index is -0.621. The Morgan fingerprint density at radius 1 is 1.40 bits per heavy atom. The minimum absolute atomic E-state index is 0.220. The molecule has 0 aromatic rings. The molecule has 1 aliphatic rings. The summed E-state index contributed by atoms with van der Waals surface area (Å²) in [5, 5.41) is 9.54. The van der Waals surface area contributed by atoms with Crippen molar-refractivity contribution in [1.29, 1.82) is 0 Å². The van der Waals surface area contributed by atoms with Crippen LogP contribution in [0.15, 0.2) is 29.2 Å². The molecule has 114 valence electrons. The lowest BCUT2D eigenvalue weighted by Crippen LogP contribution is -2.42. The van der Waals surface area contributed by atoms with Gasteiger partial charge in [0, 0.05) is 26.0 Å². The van der Waals surface area contributed by atoms with Gasteiger partial charge in [-0.25, -0.2) is 4.99 Å². The van der Waals surface area contributed by atoms with Gasteiger partial charge in [0.2, 0.25) is 0 Å². The maximum atomic E-state index is 9.54. The fourth-order valence-electron chi connectivity index (χ4n) is 1.80. The molecule has 0 spiro atoms. The monoisotopic (exact) mass is 285 g/mol. The van der Waals surface area contributed by atoms with Gasteiger partial charge in [-0.15, -0.1) is 0 Å². The highest BCUT2D eigenvalue weighted by atomic mass is 16.6. The molecular formula is C13H23N3O4. The number of aliphatic hydroxyl groups is 1. The second kappa shape index (κ2) is 8.01. The van der Waals surface area contributed by atoms with Crippen LogP contribution in [0.2, 0.25) is 0 Å². The van der Waals surface area contributed by atoms with Crippen LogP contribution in [0.25, 0.3) is 0 Å². The lowest BCUT2D eigenvalue weighted by molar-refractivity contribution is -0.131. The maximum absolute atomic E-state index is 9.54. The van der Waals surface area contributed by atoms with Gasteiger partial charge in [-0.1, -0.05) is 6.58 Å². The molecule has 0 unspecified atom stereocenters. The van der Waals surface area contributed by atoms with Crippen molar-refractivity contribution in [3.05, 3.63) is 24.2 Å². The Kier molecular flexibility index (Phi) is 6.66. The molecule has 1 heterocycles. The van der Waals surface area contributed by atoms with E-state index in [9.17, 15) is 5.11 Å². The zero-order valence-corrected chi connectivity index (χ0v) is 12.2. The minimum Gasteiger partial charge on any atom is -0.392 e. The number of methoxy groups -OCH3 is 2. The largest absolute Gasteiger partial charge is 0.392 e. The first-order valence-corrected chi connectivity index (χ1v) is 6.27. The second-order valence-electron chi connectivity index (χ2n) is 4.44. The highest BCUT2D eigenvalue weighted by Crippen LogP contribution is 2.19. The number of nitrogens with zero attached hydrogens (tertiary/aromatic N) is 2. The average Bonchev–Trinajstić information content (AvgIpc) is 2.41. The fraction of sp³-hybridized carbons (Fsp3) is 0.615. The highest BCUT2D eigenvalue weighted by molar-refractivity contribution is 5.97. The lowest BCUT2D eigenvalue weighted by atomic mass is 10.2. The molecule has 0 aromatic heterocycles. The lowest BCUT2D eigenvalue weighted by Gasteiger charge is -2.34. The van der Waals surface area contributed by atoms with Gasteiger partial charge in [0.05, 0.1) is 19.8 Å². The van der Waals surface area contributed by atoms with Crippen LogP contribution in [-0.4, -0.2) is 62.2 Å². The number of amidine groups is 1. The molecule has 0 amide bonds. The standard InChI is InChI=1S/C13H23N3O4/c1-9-5-16(10(2)15-13(9)14)12(6-17)20-11(7-18-3)8-19-4/h5,11-12,17H,2,6-8H2,1,3-4H3,(H2,14,15)/t12-/m1/s1. The average molecular weight is 285 g/mol. The van der Waals surface area contributed by atoms with E-state index >= 15 is 0 Å². The molecule has 0 radical (unpaired) electrons. The van der Waals surface area contributed by atoms with Crippen LogP contribution >= 0.6 is 0 Å². The molecule has 3 N–H and O–H groups in total. The van der Waals surface area contributed by atoms with Crippen molar-refractivity contribution in [2.75, 3.05) is 34.0 Å². The summed E-state index contributed by atoms with van der Waals surface area (Å²) in [5.41, 5.74) is 6.51. The van der Waals surface area contributed by atoms with E-state index in [1.807, 2.05) is 6.92 Å². The summed E-state index contributed by atoms with van der Waals surface area (Å²) in [5.74, 6) is 0.828. The molecule has 1 atom stereocenters. The third kappa shape index (κ3) is 4.31. The number of nitrogens with two attached hydrogens (primary N) is 1. The van der Waals surface area contributed by atoms with Crippen LogP contribution in [0.1, 0.15) is 6.92 Å². The Morgan fingerprint density at radius 2 is 2.00 bits per heavy atom. The highest BCUT2D eigenvalue weighted by Gasteiger charge is 2.25. The first kappa shape index (κ1) is 16.6. The second-order valence-corrected chi connectivity index (χ2v) is 4.44. The maximum Gasteiger partial charge on any atom is 0.158 e.